The minimum absolute atomic E-state index is 0.00719. The first-order chi connectivity index (χ1) is 8.00. The minimum atomic E-state index is 0.00719. The standard InChI is InChI=1S/C13H17ClN2O/c1-8(9-3-4-9)16(2)13(17)10-5-6-11(14)12(15)7-10/h5-9H,3-4,15H2,1-2H3. The minimum Gasteiger partial charge on any atom is -0.398 e. The molecular formula is C13H17ClN2O. The van der Waals surface area contributed by atoms with Crippen LogP contribution in [0.4, 0.5) is 5.69 Å². The van der Waals surface area contributed by atoms with Crippen molar-refractivity contribution >= 4 is 23.2 Å². The van der Waals surface area contributed by atoms with E-state index in [0.29, 0.717) is 28.2 Å². The van der Waals surface area contributed by atoms with E-state index in [1.165, 1.54) is 12.8 Å². The van der Waals surface area contributed by atoms with Crippen LogP contribution in [0.2, 0.25) is 5.02 Å². The van der Waals surface area contributed by atoms with Crippen LogP contribution in [-0.4, -0.2) is 23.9 Å². The number of halogens is 1. The summed E-state index contributed by atoms with van der Waals surface area (Å²) in [7, 11) is 1.84. The van der Waals surface area contributed by atoms with Crippen LogP contribution >= 0.6 is 11.6 Å². The molecule has 0 saturated heterocycles. The Balaban J connectivity index is 2.15. The third kappa shape index (κ3) is 2.55. The molecular weight excluding hydrogens is 236 g/mol. The van der Waals surface area contributed by atoms with Crippen molar-refractivity contribution in [2.45, 2.75) is 25.8 Å². The third-order valence-corrected chi connectivity index (χ3v) is 3.82. The molecule has 0 aromatic heterocycles. The monoisotopic (exact) mass is 252 g/mol. The van der Waals surface area contributed by atoms with Crippen LogP contribution in [0, 0.1) is 5.92 Å². The maximum absolute atomic E-state index is 12.2. The summed E-state index contributed by atoms with van der Waals surface area (Å²) in [5, 5.41) is 0.486. The van der Waals surface area contributed by atoms with Gasteiger partial charge >= 0.3 is 0 Å². The molecule has 0 heterocycles. The molecule has 1 atom stereocenters. The van der Waals surface area contributed by atoms with Gasteiger partial charge in [0.1, 0.15) is 0 Å². The van der Waals surface area contributed by atoms with Gasteiger partial charge in [-0.25, -0.2) is 0 Å². The quantitative estimate of drug-likeness (QED) is 0.841. The Morgan fingerprint density at radius 3 is 2.71 bits per heavy atom. The largest absolute Gasteiger partial charge is 0.398 e. The van der Waals surface area contributed by atoms with Gasteiger partial charge in [0.25, 0.3) is 5.91 Å². The number of carbonyl (C=O) groups excluding carboxylic acids is 1. The number of hydrogen-bond acceptors (Lipinski definition) is 2. The average Bonchev–Trinajstić information content (AvgIpc) is 3.14. The lowest BCUT2D eigenvalue weighted by atomic mass is 10.1. The number of anilines is 1. The van der Waals surface area contributed by atoms with Gasteiger partial charge in [-0.3, -0.25) is 4.79 Å². The van der Waals surface area contributed by atoms with Gasteiger partial charge in [0.05, 0.1) is 10.7 Å². The lowest BCUT2D eigenvalue weighted by Gasteiger charge is -2.25. The predicted octanol–water partition coefficient (Wildman–Crippen LogP) is 2.79. The summed E-state index contributed by atoms with van der Waals surface area (Å²) in [4.78, 5) is 14.0. The number of rotatable bonds is 3. The zero-order chi connectivity index (χ0) is 12.6. The van der Waals surface area contributed by atoms with Gasteiger partial charge in [0.15, 0.2) is 0 Å². The van der Waals surface area contributed by atoms with Crippen molar-refractivity contribution in [1.82, 2.24) is 4.90 Å². The first kappa shape index (κ1) is 12.2. The van der Waals surface area contributed by atoms with Gasteiger partial charge < -0.3 is 10.6 Å². The van der Waals surface area contributed by atoms with Crippen molar-refractivity contribution in [2.24, 2.45) is 5.92 Å². The van der Waals surface area contributed by atoms with Gasteiger partial charge in [-0.2, -0.15) is 0 Å². The molecule has 1 saturated carbocycles. The summed E-state index contributed by atoms with van der Waals surface area (Å²) in [5.74, 6) is 0.668. The Hall–Kier alpha value is -1.22. The van der Waals surface area contributed by atoms with E-state index < -0.39 is 0 Å². The van der Waals surface area contributed by atoms with Gasteiger partial charge in [0.2, 0.25) is 0 Å². The molecule has 1 amide bonds. The second kappa shape index (κ2) is 4.57. The fourth-order valence-corrected chi connectivity index (χ4v) is 2.08. The van der Waals surface area contributed by atoms with E-state index in [1.54, 1.807) is 23.1 Å². The third-order valence-electron chi connectivity index (χ3n) is 3.48. The molecule has 1 aromatic carbocycles. The summed E-state index contributed by atoms with van der Waals surface area (Å²) in [5.41, 5.74) is 6.75. The van der Waals surface area contributed by atoms with Gasteiger partial charge in [0, 0.05) is 18.7 Å². The van der Waals surface area contributed by atoms with Gasteiger partial charge in [-0.15, -0.1) is 0 Å². The second-order valence-electron chi connectivity index (χ2n) is 4.73. The lowest BCUT2D eigenvalue weighted by Crippen LogP contribution is -2.36. The lowest BCUT2D eigenvalue weighted by molar-refractivity contribution is 0.0727. The number of hydrogen-bond donors (Lipinski definition) is 1. The highest BCUT2D eigenvalue weighted by molar-refractivity contribution is 6.33. The highest BCUT2D eigenvalue weighted by Crippen LogP contribution is 2.35. The zero-order valence-electron chi connectivity index (χ0n) is 10.1. The maximum Gasteiger partial charge on any atom is 0.253 e. The van der Waals surface area contributed by atoms with Crippen molar-refractivity contribution in [3.63, 3.8) is 0 Å². The van der Waals surface area contributed by atoms with Gasteiger partial charge in [-0.1, -0.05) is 11.6 Å². The Morgan fingerprint density at radius 1 is 1.53 bits per heavy atom. The molecule has 1 fully saturated rings. The van der Waals surface area contributed by atoms with Crippen LogP contribution in [0.25, 0.3) is 0 Å². The van der Waals surface area contributed by atoms with Crippen molar-refractivity contribution < 1.29 is 4.79 Å². The van der Waals surface area contributed by atoms with Crippen molar-refractivity contribution in [3.8, 4) is 0 Å². The topological polar surface area (TPSA) is 46.3 Å². The molecule has 2 rings (SSSR count). The van der Waals surface area contributed by atoms with Crippen molar-refractivity contribution in [3.05, 3.63) is 28.8 Å². The molecule has 1 aliphatic carbocycles. The van der Waals surface area contributed by atoms with E-state index in [2.05, 4.69) is 6.92 Å². The highest BCUT2D eigenvalue weighted by atomic mass is 35.5. The number of nitrogens with two attached hydrogens (primary N) is 1. The summed E-state index contributed by atoms with van der Waals surface area (Å²) < 4.78 is 0. The molecule has 4 heteroatoms. The molecule has 1 aliphatic rings. The first-order valence-electron chi connectivity index (χ1n) is 5.83. The molecule has 3 nitrogen and oxygen atoms in total. The highest BCUT2D eigenvalue weighted by Gasteiger charge is 2.32. The number of benzene rings is 1. The molecule has 0 aliphatic heterocycles. The maximum atomic E-state index is 12.2. The number of amides is 1. The van der Waals surface area contributed by atoms with Gasteiger partial charge in [-0.05, 0) is 43.9 Å². The van der Waals surface area contributed by atoms with E-state index in [9.17, 15) is 4.79 Å². The molecule has 0 spiro atoms. The average molecular weight is 253 g/mol. The van der Waals surface area contributed by atoms with E-state index in [4.69, 9.17) is 17.3 Å². The summed E-state index contributed by atoms with van der Waals surface area (Å²) >= 11 is 5.84. The van der Waals surface area contributed by atoms with E-state index in [-0.39, 0.29) is 5.91 Å². The van der Waals surface area contributed by atoms with Crippen LogP contribution in [0.15, 0.2) is 18.2 Å². The fourth-order valence-electron chi connectivity index (χ4n) is 1.96. The Bertz CT molecular complexity index is 443. The molecule has 17 heavy (non-hydrogen) atoms. The molecule has 0 bridgehead atoms. The number of nitrogen functional groups attached to an aromatic ring is 1. The van der Waals surface area contributed by atoms with E-state index in [0.717, 1.165) is 0 Å². The number of carbonyl (C=O) groups is 1. The Labute approximate surface area is 107 Å². The normalized spacial score (nSPS) is 16.6. The van der Waals surface area contributed by atoms with Crippen LogP contribution in [-0.2, 0) is 0 Å². The SMILES string of the molecule is CC(C1CC1)N(C)C(=O)c1ccc(Cl)c(N)c1. The van der Waals surface area contributed by atoms with Crippen molar-refractivity contribution in [1.29, 1.82) is 0 Å². The molecule has 1 aromatic rings. The van der Waals surface area contributed by atoms with Crippen LogP contribution in [0.3, 0.4) is 0 Å². The first-order valence-corrected chi connectivity index (χ1v) is 6.20. The van der Waals surface area contributed by atoms with Crippen LogP contribution in [0.5, 0.6) is 0 Å². The Morgan fingerprint density at radius 2 is 2.18 bits per heavy atom. The smallest absolute Gasteiger partial charge is 0.253 e. The summed E-state index contributed by atoms with van der Waals surface area (Å²) in [6.45, 7) is 2.09. The Kier molecular flexibility index (Phi) is 3.29. The zero-order valence-corrected chi connectivity index (χ0v) is 10.9. The number of nitrogens with zero attached hydrogens (tertiary/aromatic N) is 1. The molecule has 0 radical (unpaired) electrons. The summed E-state index contributed by atoms with van der Waals surface area (Å²) in [6.07, 6.45) is 2.45. The molecule has 92 valence electrons. The molecule has 1 unspecified atom stereocenters. The van der Waals surface area contributed by atoms with Crippen molar-refractivity contribution in [2.75, 3.05) is 12.8 Å². The van der Waals surface area contributed by atoms with Crippen LogP contribution in [0.1, 0.15) is 30.1 Å². The second-order valence-corrected chi connectivity index (χ2v) is 5.14. The molecule has 2 N–H and O–H groups in total. The predicted molar refractivity (Wildman–Crippen MR) is 70.1 cm³/mol. The fraction of sp³-hybridized carbons (Fsp3) is 0.462. The van der Waals surface area contributed by atoms with E-state index in [1.807, 2.05) is 7.05 Å². The van der Waals surface area contributed by atoms with E-state index >= 15 is 0 Å². The van der Waals surface area contributed by atoms with Crippen LogP contribution < -0.4 is 5.73 Å². The summed E-state index contributed by atoms with van der Waals surface area (Å²) in [6, 6.07) is 5.32.